The van der Waals surface area contributed by atoms with E-state index < -0.39 is 0 Å². The Morgan fingerprint density at radius 2 is 2.24 bits per heavy atom. The topological polar surface area (TPSA) is 38.3 Å². The molecule has 0 saturated heterocycles. The van der Waals surface area contributed by atoms with Crippen molar-refractivity contribution in [3.63, 3.8) is 0 Å². The van der Waals surface area contributed by atoms with Crippen LogP contribution in [0.5, 0.6) is 0 Å². The largest absolute Gasteiger partial charge is 0.466 e. The van der Waals surface area contributed by atoms with Gasteiger partial charge < -0.3 is 10.1 Å². The Morgan fingerprint density at radius 1 is 1.53 bits per heavy atom. The monoisotopic (exact) mass is 237 g/mol. The number of esters is 1. The normalized spacial score (nSPS) is 11.2. The molecule has 0 atom stereocenters. The smallest absolute Gasteiger partial charge is 0.333 e. The molecule has 0 spiro atoms. The fourth-order valence-electron chi connectivity index (χ4n) is 1.32. The molecule has 17 heavy (non-hydrogen) atoms. The fraction of sp³-hybridized carbons (Fsp3) is 0.308. The van der Waals surface area contributed by atoms with E-state index in [1.807, 2.05) is 13.0 Å². The zero-order chi connectivity index (χ0) is 12.8. The van der Waals surface area contributed by atoms with Gasteiger partial charge in [0.25, 0.3) is 0 Å². The predicted octanol–water partition coefficient (Wildman–Crippen LogP) is 2.67. The molecule has 0 aliphatic heterocycles. The summed E-state index contributed by atoms with van der Waals surface area (Å²) in [5, 5.41) is 2.89. The lowest BCUT2D eigenvalue weighted by Gasteiger charge is -2.06. The van der Waals surface area contributed by atoms with E-state index in [0.29, 0.717) is 17.8 Å². The van der Waals surface area contributed by atoms with Gasteiger partial charge in [-0.05, 0) is 31.5 Å². The van der Waals surface area contributed by atoms with Crippen LogP contribution in [-0.2, 0) is 9.53 Å². The Hall–Kier alpha value is -1.84. The molecule has 1 rings (SSSR count). The Labute approximate surface area is 100 Å². The number of anilines is 1. The molecule has 0 bridgehead atoms. The van der Waals surface area contributed by atoms with Crippen molar-refractivity contribution >= 4 is 11.7 Å². The van der Waals surface area contributed by atoms with Crippen LogP contribution < -0.4 is 5.32 Å². The highest BCUT2D eigenvalue weighted by Gasteiger charge is 2.03. The highest BCUT2D eigenvalue weighted by molar-refractivity contribution is 5.87. The van der Waals surface area contributed by atoms with Crippen molar-refractivity contribution in [2.75, 3.05) is 19.0 Å². The third-order valence-corrected chi connectivity index (χ3v) is 2.33. The van der Waals surface area contributed by atoms with Gasteiger partial charge in [-0.15, -0.1) is 0 Å². The van der Waals surface area contributed by atoms with Gasteiger partial charge in [0.1, 0.15) is 5.82 Å². The SMILES string of the molecule is COC(=O)/C(C)=C/CNc1ccc(C)cc1F. The quantitative estimate of drug-likeness (QED) is 0.646. The molecule has 0 aliphatic carbocycles. The Morgan fingerprint density at radius 3 is 2.82 bits per heavy atom. The number of nitrogens with one attached hydrogen (secondary N) is 1. The van der Waals surface area contributed by atoms with Gasteiger partial charge in [-0.2, -0.15) is 0 Å². The molecular weight excluding hydrogens is 221 g/mol. The zero-order valence-electron chi connectivity index (χ0n) is 10.2. The predicted molar refractivity (Wildman–Crippen MR) is 65.4 cm³/mol. The van der Waals surface area contributed by atoms with Gasteiger partial charge in [0, 0.05) is 12.1 Å². The lowest BCUT2D eigenvalue weighted by molar-refractivity contribution is -0.136. The first-order valence-corrected chi connectivity index (χ1v) is 5.29. The van der Waals surface area contributed by atoms with Crippen LogP contribution in [0.25, 0.3) is 0 Å². The first-order valence-electron chi connectivity index (χ1n) is 5.29. The van der Waals surface area contributed by atoms with Gasteiger partial charge in [0.15, 0.2) is 0 Å². The summed E-state index contributed by atoms with van der Waals surface area (Å²) in [4.78, 5) is 11.1. The van der Waals surface area contributed by atoms with Gasteiger partial charge >= 0.3 is 5.97 Å². The van der Waals surface area contributed by atoms with Crippen molar-refractivity contribution in [2.24, 2.45) is 0 Å². The lowest BCUT2D eigenvalue weighted by atomic mass is 10.2. The third kappa shape index (κ3) is 3.90. The summed E-state index contributed by atoms with van der Waals surface area (Å²) in [6.07, 6.45) is 1.66. The molecule has 1 aromatic carbocycles. The molecule has 0 radical (unpaired) electrons. The average Bonchev–Trinajstić information content (AvgIpc) is 2.30. The number of rotatable bonds is 4. The highest BCUT2D eigenvalue weighted by atomic mass is 19.1. The van der Waals surface area contributed by atoms with Crippen LogP contribution in [0.2, 0.25) is 0 Å². The number of hydrogen-bond donors (Lipinski definition) is 1. The highest BCUT2D eigenvalue weighted by Crippen LogP contribution is 2.14. The number of halogens is 1. The molecule has 0 saturated carbocycles. The van der Waals surface area contributed by atoms with Crippen LogP contribution in [0, 0.1) is 12.7 Å². The van der Waals surface area contributed by atoms with E-state index in [1.165, 1.54) is 13.2 Å². The molecule has 4 heteroatoms. The van der Waals surface area contributed by atoms with Crippen molar-refractivity contribution in [3.8, 4) is 0 Å². The maximum atomic E-state index is 13.4. The van der Waals surface area contributed by atoms with Crippen molar-refractivity contribution < 1.29 is 13.9 Å². The maximum absolute atomic E-state index is 13.4. The molecule has 0 aromatic heterocycles. The molecule has 0 heterocycles. The molecule has 0 aliphatic rings. The molecule has 1 aromatic rings. The summed E-state index contributed by atoms with van der Waals surface area (Å²) in [6.45, 7) is 3.86. The summed E-state index contributed by atoms with van der Waals surface area (Å²) >= 11 is 0. The molecule has 1 N–H and O–H groups in total. The number of methoxy groups -OCH3 is 1. The minimum absolute atomic E-state index is 0.297. The van der Waals surface area contributed by atoms with E-state index in [0.717, 1.165) is 5.56 Å². The van der Waals surface area contributed by atoms with E-state index in [2.05, 4.69) is 10.1 Å². The summed E-state index contributed by atoms with van der Waals surface area (Å²) < 4.78 is 18.0. The Kier molecular flexibility index (Phi) is 4.69. The van der Waals surface area contributed by atoms with Gasteiger partial charge in [-0.25, -0.2) is 9.18 Å². The standard InChI is InChI=1S/C13H16FNO2/c1-9-4-5-12(11(14)8-9)15-7-6-10(2)13(16)17-3/h4-6,8,15H,7H2,1-3H3/b10-6+. The Balaban J connectivity index is 2.59. The van der Waals surface area contributed by atoms with E-state index in [9.17, 15) is 9.18 Å². The Bertz CT molecular complexity index is 441. The second kappa shape index (κ2) is 6.03. The van der Waals surface area contributed by atoms with Crippen LogP contribution in [0.1, 0.15) is 12.5 Å². The van der Waals surface area contributed by atoms with Crippen LogP contribution >= 0.6 is 0 Å². The molecule has 0 amide bonds. The van der Waals surface area contributed by atoms with Gasteiger partial charge in [-0.1, -0.05) is 12.1 Å². The van der Waals surface area contributed by atoms with Crippen molar-refractivity contribution in [1.82, 2.24) is 0 Å². The van der Waals surface area contributed by atoms with E-state index >= 15 is 0 Å². The zero-order valence-corrected chi connectivity index (χ0v) is 10.2. The van der Waals surface area contributed by atoms with Crippen LogP contribution in [0.15, 0.2) is 29.8 Å². The molecule has 0 unspecified atom stereocenters. The third-order valence-electron chi connectivity index (χ3n) is 2.33. The van der Waals surface area contributed by atoms with E-state index in [4.69, 9.17) is 0 Å². The first kappa shape index (κ1) is 13.2. The number of benzene rings is 1. The van der Waals surface area contributed by atoms with Crippen molar-refractivity contribution in [3.05, 3.63) is 41.2 Å². The second-order valence-electron chi connectivity index (χ2n) is 3.74. The minimum atomic E-state index is -0.379. The van der Waals surface area contributed by atoms with Gasteiger partial charge in [0.2, 0.25) is 0 Å². The first-order chi connectivity index (χ1) is 8.04. The van der Waals surface area contributed by atoms with Crippen LogP contribution in [0.3, 0.4) is 0 Å². The molecule has 0 fully saturated rings. The van der Waals surface area contributed by atoms with E-state index in [-0.39, 0.29) is 11.8 Å². The number of aryl methyl sites for hydroxylation is 1. The second-order valence-corrected chi connectivity index (χ2v) is 3.74. The number of hydrogen-bond acceptors (Lipinski definition) is 3. The average molecular weight is 237 g/mol. The number of carbonyl (C=O) groups excluding carboxylic acids is 1. The molecule has 92 valence electrons. The van der Waals surface area contributed by atoms with Crippen molar-refractivity contribution in [2.45, 2.75) is 13.8 Å². The maximum Gasteiger partial charge on any atom is 0.333 e. The number of ether oxygens (including phenoxy) is 1. The van der Waals surface area contributed by atoms with Crippen LogP contribution in [-0.4, -0.2) is 19.6 Å². The van der Waals surface area contributed by atoms with Gasteiger partial charge in [0.05, 0.1) is 12.8 Å². The lowest BCUT2D eigenvalue weighted by Crippen LogP contribution is -2.06. The summed E-state index contributed by atoms with van der Waals surface area (Å²) in [5.41, 5.74) is 1.78. The van der Waals surface area contributed by atoms with E-state index in [1.54, 1.807) is 19.1 Å². The fourth-order valence-corrected chi connectivity index (χ4v) is 1.32. The summed E-state index contributed by atoms with van der Waals surface area (Å²) in [7, 11) is 1.33. The molecule has 3 nitrogen and oxygen atoms in total. The summed E-state index contributed by atoms with van der Waals surface area (Å²) in [6, 6.07) is 4.95. The number of carbonyl (C=O) groups is 1. The van der Waals surface area contributed by atoms with Crippen molar-refractivity contribution in [1.29, 1.82) is 0 Å². The summed E-state index contributed by atoms with van der Waals surface area (Å²) in [5.74, 6) is -0.676. The molecular formula is C13H16FNO2. The van der Waals surface area contributed by atoms with Crippen LogP contribution in [0.4, 0.5) is 10.1 Å². The minimum Gasteiger partial charge on any atom is -0.466 e. The van der Waals surface area contributed by atoms with Gasteiger partial charge in [-0.3, -0.25) is 0 Å².